The summed E-state index contributed by atoms with van der Waals surface area (Å²) >= 11 is 0. The molecule has 1 aromatic carbocycles. The van der Waals surface area contributed by atoms with Crippen LogP contribution < -0.4 is 10.1 Å². The number of fused-ring (bicyclic) bond motifs is 1. The van der Waals surface area contributed by atoms with Crippen molar-refractivity contribution in [2.75, 3.05) is 20.2 Å². The van der Waals surface area contributed by atoms with E-state index in [1.807, 2.05) is 32.2 Å². The second kappa shape index (κ2) is 17.6. The summed E-state index contributed by atoms with van der Waals surface area (Å²) in [5.74, 6) is -1.44. The Morgan fingerprint density at radius 1 is 1.04 bits per heavy atom. The van der Waals surface area contributed by atoms with Gasteiger partial charge in [0.05, 0.1) is 30.6 Å². The number of carbonyl (C=O) groups is 4. The van der Waals surface area contributed by atoms with E-state index in [2.05, 4.69) is 32.3 Å². The van der Waals surface area contributed by atoms with Gasteiger partial charge in [0, 0.05) is 47.5 Å². The first-order valence-electron chi connectivity index (χ1n) is 18.7. The predicted octanol–water partition coefficient (Wildman–Crippen LogP) is 4.56. The standard InChI is InChI=1S/C35H47N5O3.C4H6O6/c1-4-26(41)11-6-5-7-12-29(39-34(42)28-21-35(28)15-17-40(18-16-35)25-9-8-10-25)33-36-22-31(38-33)27-19-24-14-13-23(2)37-30(24)20-32(27)43-3;5-1(3(7)8)2(6)4(9)10/h13-14,19-20,22,25,28-29H,4-12,15-18,21H2,1-3H3,(H,36,38)(H,39,42);1-2,5-6H,(H,7,8)(H,9,10)/t28-,29+;1-,2-/m11/s1. The van der Waals surface area contributed by atoms with Crippen LogP contribution in [0.15, 0.2) is 30.5 Å². The van der Waals surface area contributed by atoms with Gasteiger partial charge in [0.15, 0.2) is 12.2 Å². The van der Waals surface area contributed by atoms with E-state index in [-0.39, 0.29) is 23.3 Å². The fraction of sp³-hybridized carbons (Fsp3) is 0.590. The summed E-state index contributed by atoms with van der Waals surface area (Å²) < 4.78 is 5.75. The number of aliphatic carboxylic acids is 2. The number of carbonyl (C=O) groups excluding carboxylic acids is 2. The highest BCUT2D eigenvalue weighted by Crippen LogP contribution is 2.60. The van der Waals surface area contributed by atoms with Gasteiger partial charge in [-0.15, -0.1) is 0 Å². The van der Waals surface area contributed by atoms with E-state index in [0.717, 1.165) is 104 Å². The van der Waals surface area contributed by atoms with Gasteiger partial charge < -0.3 is 40.4 Å². The molecule has 0 bridgehead atoms. The average molecular weight is 736 g/mol. The van der Waals surface area contributed by atoms with Gasteiger partial charge in [0.25, 0.3) is 0 Å². The van der Waals surface area contributed by atoms with Crippen molar-refractivity contribution in [1.82, 2.24) is 25.2 Å². The van der Waals surface area contributed by atoms with Gasteiger partial charge in [-0.1, -0.05) is 32.3 Å². The third kappa shape index (κ3) is 9.78. The number of nitrogens with one attached hydrogen (secondary N) is 2. The van der Waals surface area contributed by atoms with Crippen molar-refractivity contribution in [3.63, 3.8) is 0 Å². The number of aromatic amines is 1. The van der Waals surface area contributed by atoms with Crippen molar-refractivity contribution in [3.05, 3.63) is 42.0 Å². The number of imidazole rings is 1. The minimum atomic E-state index is -2.27. The van der Waals surface area contributed by atoms with Crippen LogP contribution >= 0.6 is 0 Å². The molecule has 1 amide bonds. The Kier molecular flexibility index (Phi) is 13.2. The smallest absolute Gasteiger partial charge is 0.335 e. The van der Waals surface area contributed by atoms with Gasteiger partial charge in [0.2, 0.25) is 5.91 Å². The number of rotatable bonds is 16. The summed E-state index contributed by atoms with van der Waals surface area (Å²) in [5, 5.41) is 37.0. The molecule has 6 rings (SSSR count). The van der Waals surface area contributed by atoms with Crippen molar-refractivity contribution in [1.29, 1.82) is 0 Å². The minimum Gasteiger partial charge on any atom is -0.496 e. The molecular formula is C39H53N5O9. The lowest BCUT2D eigenvalue weighted by Crippen LogP contribution is -2.46. The summed E-state index contributed by atoms with van der Waals surface area (Å²) in [4.78, 5) is 60.6. The molecule has 1 aliphatic heterocycles. The zero-order valence-corrected chi connectivity index (χ0v) is 30.8. The topological polar surface area (TPSA) is 215 Å². The SMILES string of the molecule is CCC(=O)CCCCC[C@H](NC(=O)[C@H]1CC12CCN(C1CCC1)CC2)c1ncc(-c2cc3ccc(C)nc3cc2OC)[nH]1.O=C(O)[C@H](O)[C@@H](O)C(=O)O. The first kappa shape index (κ1) is 39.8. The number of hydrogen-bond acceptors (Lipinski definition) is 10. The predicted molar refractivity (Wildman–Crippen MR) is 196 cm³/mol. The number of ether oxygens (including phenoxy) is 1. The van der Waals surface area contributed by atoms with Crippen molar-refractivity contribution in [3.8, 4) is 17.0 Å². The summed E-state index contributed by atoms with van der Waals surface area (Å²) in [6.07, 6.45) is 9.45. The molecule has 2 saturated carbocycles. The van der Waals surface area contributed by atoms with E-state index in [1.54, 1.807) is 7.11 Å². The normalized spacial score (nSPS) is 19.7. The minimum absolute atomic E-state index is 0.103. The van der Waals surface area contributed by atoms with Gasteiger partial charge in [-0.2, -0.15) is 0 Å². The van der Waals surface area contributed by atoms with Crippen molar-refractivity contribution in [2.45, 2.75) is 115 Å². The van der Waals surface area contributed by atoms with E-state index in [4.69, 9.17) is 30.1 Å². The van der Waals surface area contributed by atoms with Crippen LogP contribution in [0, 0.1) is 18.3 Å². The number of methoxy groups -OCH3 is 1. The molecule has 14 heteroatoms. The molecule has 288 valence electrons. The number of nitrogens with zero attached hydrogens (tertiary/aromatic N) is 3. The van der Waals surface area contributed by atoms with Crippen LogP contribution in [-0.2, 0) is 19.2 Å². The van der Waals surface area contributed by atoms with E-state index < -0.39 is 24.1 Å². The third-order valence-electron chi connectivity index (χ3n) is 11.2. The maximum absolute atomic E-state index is 13.7. The number of aliphatic hydroxyl groups is 2. The third-order valence-corrected chi connectivity index (χ3v) is 11.2. The van der Waals surface area contributed by atoms with Gasteiger partial charge in [0.1, 0.15) is 17.4 Å². The molecule has 0 unspecified atom stereocenters. The molecular weight excluding hydrogens is 682 g/mol. The quantitative estimate of drug-likeness (QED) is 0.112. The lowest BCUT2D eigenvalue weighted by atomic mass is 9.85. The summed E-state index contributed by atoms with van der Waals surface area (Å²) in [6, 6.07) is 8.73. The van der Waals surface area contributed by atoms with Crippen molar-refractivity contribution >= 4 is 34.5 Å². The number of carboxylic acids is 2. The molecule has 2 aromatic heterocycles. The van der Waals surface area contributed by atoms with Crippen LogP contribution in [0.2, 0.25) is 0 Å². The number of carboxylic acid groups (broad SMARTS) is 2. The number of aromatic nitrogens is 3. The first-order valence-corrected chi connectivity index (χ1v) is 18.7. The van der Waals surface area contributed by atoms with Crippen molar-refractivity contribution < 1.29 is 44.3 Å². The number of Topliss-reactive ketones (excluding diaryl/α,β-unsaturated/α-hetero) is 1. The fourth-order valence-electron chi connectivity index (χ4n) is 7.48. The lowest BCUT2D eigenvalue weighted by Gasteiger charge is -2.42. The number of unbranched alkanes of at least 4 members (excludes halogenated alkanes) is 2. The Hall–Kier alpha value is -4.40. The maximum Gasteiger partial charge on any atom is 0.335 e. The summed E-state index contributed by atoms with van der Waals surface area (Å²) in [6.45, 7) is 6.18. The van der Waals surface area contributed by atoms with Crippen LogP contribution in [-0.4, -0.2) is 102 Å². The largest absolute Gasteiger partial charge is 0.496 e. The van der Waals surface area contributed by atoms with Crippen LogP contribution in [0.25, 0.3) is 22.2 Å². The molecule has 3 aromatic rings. The Morgan fingerprint density at radius 2 is 1.74 bits per heavy atom. The highest BCUT2D eigenvalue weighted by molar-refractivity contribution is 5.88. The molecule has 2 aliphatic carbocycles. The maximum atomic E-state index is 13.7. The van der Waals surface area contributed by atoms with Crippen LogP contribution in [0.3, 0.4) is 0 Å². The first-order chi connectivity index (χ1) is 25.3. The molecule has 3 aliphatic rings. The van der Waals surface area contributed by atoms with E-state index in [0.29, 0.717) is 18.6 Å². The molecule has 0 radical (unpaired) electrons. The number of pyridine rings is 1. The number of amides is 1. The molecule has 6 N–H and O–H groups in total. The average Bonchev–Trinajstić information content (AvgIpc) is 3.59. The van der Waals surface area contributed by atoms with Gasteiger partial charge in [-0.05, 0) is 82.5 Å². The van der Waals surface area contributed by atoms with E-state index >= 15 is 0 Å². The molecule has 14 nitrogen and oxygen atoms in total. The number of ketones is 1. The molecule has 3 heterocycles. The molecule has 3 fully saturated rings. The number of aryl methyl sites for hydroxylation is 1. The monoisotopic (exact) mass is 735 g/mol. The highest BCUT2D eigenvalue weighted by Gasteiger charge is 2.59. The zero-order chi connectivity index (χ0) is 38.3. The number of aliphatic hydroxyl groups excluding tert-OH is 2. The number of H-pyrrole nitrogens is 1. The number of piperidine rings is 1. The lowest BCUT2D eigenvalue weighted by molar-refractivity contribution is -0.165. The number of hydrogen-bond donors (Lipinski definition) is 6. The Labute approximate surface area is 309 Å². The second-order valence-electron chi connectivity index (χ2n) is 14.7. The zero-order valence-electron chi connectivity index (χ0n) is 30.8. The Morgan fingerprint density at radius 3 is 2.34 bits per heavy atom. The highest BCUT2D eigenvalue weighted by atomic mass is 16.5. The van der Waals surface area contributed by atoms with Crippen LogP contribution in [0.5, 0.6) is 5.75 Å². The van der Waals surface area contributed by atoms with Gasteiger partial charge >= 0.3 is 11.9 Å². The number of benzene rings is 1. The molecule has 53 heavy (non-hydrogen) atoms. The fourth-order valence-corrected chi connectivity index (χ4v) is 7.48. The van der Waals surface area contributed by atoms with Gasteiger partial charge in [-0.25, -0.2) is 14.6 Å². The van der Waals surface area contributed by atoms with Crippen molar-refractivity contribution in [2.24, 2.45) is 11.3 Å². The number of likely N-dealkylation sites (tertiary alicyclic amines) is 1. The Bertz CT molecular complexity index is 1750. The van der Waals surface area contributed by atoms with Gasteiger partial charge in [-0.3, -0.25) is 14.6 Å². The molecule has 1 spiro atoms. The Balaban J connectivity index is 0.000000476. The molecule has 4 atom stereocenters. The van der Waals surface area contributed by atoms with E-state index in [1.165, 1.54) is 19.3 Å². The molecule has 1 saturated heterocycles. The summed E-state index contributed by atoms with van der Waals surface area (Å²) in [5.41, 5.74) is 3.82. The van der Waals surface area contributed by atoms with E-state index in [9.17, 15) is 19.2 Å². The van der Waals surface area contributed by atoms with Crippen LogP contribution in [0.1, 0.15) is 102 Å². The van der Waals surface area contributed by atoms with Crippen LogP contribution in [0.4, 0.5) is 0 Å². The summed E-state index contributed by atoms with van der Waals surface area (Å²) in [7, 11) is 1.67. The second-order valence-corrected chi connectivity index (χ2v) is 14.7.